The molecule has 0 radical (unpaired) electrons. The maximum Gasteiger partial charge on any atom is 0.243 e. The van der Waals surface area contributed by atoms with Crippen molar-refractivity contribution in [1.82, 2.24) is 0 Å². The van der Waals surface area contributed by atoms with Gasteiger partial charge in [-0.05, 0) is 26.6 Å². The van der Waals surface area contributed by atoms with Crippen molar-refractivity contribution in [3.05, 3.63) is 0 Å². The van der Waals surface area contributed by atoms with Gasteiger partial charge in [0.15, 0.2) is 5.90 Å². The van der Waals surface area contributed by atoms with Gasteiger partial charge in [0, 0.05) is 13.1 Å². The zero-order valence-electron chi connectivity index (χ0n) is 7.88. The molecule has 0 rings (SSSR count). The minimum atomic E-state index is -1.47. The summed E-state index contributed by atoms with van der Waals surface area (Å²) < 4.78 is 5.51. The lowest BCUT2D eigenvalue weighted by Gasteiger charge is -2.17. The van der Waals surface area contributed by atoms with E-state index in [9.17, 15) is 0 Å². The number of rotatable bonds is 2. The van der Waals surface area contributed by atoms with Gasteiger partial charge in [-0.3, -0.25) is 0 Å². The molecule has 0 unspecified atom stereocenters. The molecule has 0 aromatic rings. The highest BCUT2D eigenvalue weighted by molar-refractivity contribution is 6.71. The van der Waals surface area contributed by atoms with Crippen molar-refractivity contribution in [2.45, 2.75) is 33.5 Å². The summed E-state index contributed by atoms with van der Waals surface area (Å²) in [7, 11) is -1.47. The highest BCUT2D eigenvalue weighted by atomic mass is 28.4. The standard InChI is InChI=1S/C7H16N2OSi/c1-6-8-9-7(2)10-11(3,4)5/h6H,1-5H3. The lowest BCUT2D eigenvalue weighted by Crippen LogP contribution is -2.27. The zero-order chi connectivity index (χ0) is 8.91. The van der Waals surface area contributed by atoms with Gasteiger partial charge in [0.25, 0.3) is 0 Å². The highest BCUT2D eigenvalue weighted by Gasteiger charge is 2.16. The van der Waals surface area contributed by atoms with Crippen LogP contribution < -0.4 is 0 Å². The molecule has 0 aliphatic carbocycles. The van der Waals surface area contributed by atoms with Crippen molar-refractivity contribution in [3.63, 3.8) is 0 Å². The Balaban J connectivity index is 3.96. The van der Waals surface area contributed by atoms with Gasteiger partial charge in [-0.25, -0.2) is 0 Å². The van der Waals surface area contributed by atoms with E-state index in [2.05, 4.69) is 29.8 Å². The Morgan fingerprint density at radius 3 is 2.27 bits per heavy atom. The largest absolute Gasteiger partial charge is 0.534 e. The van der Waals surface area contributed by atoms with E-state index < -0.39 is 8.32 Å². The Morgan fingerprint density at radius 1 is 1.36 bits per heavy atom. The molecule has 0 spiro atoms. The van der Waals surface area contributed by atoms with Gasteiger partial charge in [0.1, 0.15) is 0 Å². The van der Waals surface area contributed by atoms with E-state index in [0.717, 1.165) is 0 Å². The van der Waals surface area contributed by atoms with Crippen molar-refractivity contribution in [1.29, 1.82) is 0 Å². The fourth-order valence-corrected chi connectivity index (χ4v) is 1.53. The Hall–Kier alpha value is -0.643. The Kier molecular flexibility index (Phi) is 4.03. The van der Waals surface area contributed by atoms with Gasteiger partial charge in [-0.1, -0.05) is 0 Å². The number of hydrogen-bond donors (Lipinski definition) is 0. The Bertz CT molecular complexity index is 170. The topological polar surface area (TPSA) is 34.0 Å². The summed E-state index contributed by atoms with van der Waals surface area (Å²) in [6.07, 6.45) is 1.64. The number of hydrogen-bond acceptors (Lipinski definition) is 3. The molecule has 0 aliphatic heterocycles. The van der Waals surface area contributed by atoms with Crippen LogP contribution in [0, 0.1) is 0 Å². The SMILES string of the molecule is CC=NN=C(C)O[Si](C)(C)C. The van der Waals surface area contributed by atoms with Crippen molar-refractivity contribution in [2.75, 3.05) is 0 Å². The molecule has 3 nitrogen and oxygen atoms in total. The first-order valence-electron chi connectivity index (χ1n) is 3.67. The van der Waals surface area contributed by atoms with E-state index in [0.29, 0.717) is 5.90 Å². The summed E-state index contributed by atoms with van der Waals surface area (Å²) in [5.41, 5.74) is 0. The highest BCUT2D eigenvalue weighted by Crippen LogP contribution is 2.03. The third-order valence-corrected chi connectivity index (χ3v) is 1.68. The van der Waals surface area contributed by atoms with Crippen LogP contribution in [0.1, 0.15) is 13.8 Å². The molecular weight excluding hydrogens is 156 g/mol. The lowest BCUT2D eigenvalue weighted by atomic mass is 10.8. The van der Waals surface area contributed by atoms with Gasteiger partial charge in [0.05, 0.1) is 0 Å². The molecule has 11 heavy (non-hydrogen) atoms. The predicted octanol–water partition coefficient (Wildman–Crippen LogP) is 2.26. The third kappa shape index (κ3) is 7.25. The van der Waals surface area contributed by atoms with Crippen LogP contribution >= 0.6 is 0 Å². The average Bonchev–Trinajstić information content (AvgIpc) is 1.79. The van der Waals surface area contributed by atoms with E-state index in [4.69, 9.17) is 4.43 Å². The second-order valence-electron chi connectivity index (χ2n) is 3.21. The van der Waals surface area contributed by atoms with E-state index >= 15 is 0 Å². The molecule has 0 aromatic heterocycles. The molecule has 0 amide bonds. The third-order valence-electron chi connectivity index (χ3n) is 0.768. The van der Waals surface area contributed by atoms with Crippen LogP contribution in [0.25, 0.3) is 0 Å². The molecule has 0 heterocycles. The van der Waals surface area contributed by atoms with Gasteiger partial charge >= 0.3 is 0 Å². The van der Waals surface area contributed by atoms with Crippen LogP contribution in [-0.4, -0.2) is 20.4 Å². The summed E-state index contributed by atoms with van der Waals surface area (Å²) in [6.45, 7) is 9.99. The fourth-order valence-electron chi connectivity index (χ4n) is 0.603. The molecule has 0 aliphatic rings. The monoisotopic (exact) mass is 172 g/mol. The first kappa shape index (κ1) is 10.4. The summed E-state index contributed by atoms with van der Waals surface area (Å²) >= 11 is 0. The molecule has 0 saturated heterocycles. The van der Waals surface area contributed by atoms with Crippen molar-refractivity contribution in [2.24, 2.45) is 10.2 Å². The molecule has 0 atom stereocenters. The van der Waals surface area contributed by atoms with Gasteiger partial charge < -0.3 is 4.43 Å². The normalized spacial score (nSPS) is 14.1. The average molecular weight is 172 g/mol. The van der Waals surface area contributed by atoms with Gasteiger partial charge in [0.2, 0.25) is 8.32 Å². The summed E-state index contributed by atoms with van der Waals surface area (Å²) in [5.74, 6) is 0.655. The predicted molar refractivity (Wildman–Crippen MR) is 51.7 cm³/mol. The second-order valence-corrected chi connectivity index (χ2v) is 7.64. The summed E-state index contributed by atoms with van der Waals surface area (Å²) in [6, 6.07) is 0. The molecule has 4 heteroatoms. The number of nitrogens with zero attached hydrogens (tertiary/aromatic N) is 2. The first-order chi connectivity index (χ1) is 4.95. The van der Waals surface area contributed by atoms with Gasteiger partial charge in [-0.15, -0.1) is 5.10 Å². The smallest absolute Gasteiger partial charge is 0.243 e. The molecule has 0 aromatic carbocycles. The zero-order valence-corrected chi connectivity index (χ0v) is 8.88. The van der Waals surface area contributed by atoms with Crippen LogP contribution in [-0.2, 0) is 4.43 Å². The molecule has 64 valence electrons. The Morgan fingerprint density at radius 2 is 1.91 bits per heavy atom. The second kappa shape index (κ2) is 4.28. The molecular formula is C7H16N2OSi. The quantitative estimate of drug-likeness (QED) is 0.272. The van der Waals surface area contributed by atoms with Gasteiger partial charge in [-0.2, -0.15) is 5.10 Å². The minimum Gasteiger partial charge on any atom is -0.534 e. The van der Waals surface area contributed by atoms with E-state index in [-0.39, 0.29) is 0 Å². The Labute approximate surface area is 69.3 Å². The van der Waals surface area contributed by atoms with Crippen LogP contribution in [0.2, 0.25) is 19.6 Å². The summed E-state index contributed by atoms with van der Waals surface area (Å²) in [5, 5.41) is 7.54. The van der Waals surface area contributed by atoms with E-state index in [1.54, 1.807) is 6.21 Å². The van der Waals surface area contributed by atoms with Crippen LogP contribution in [0.5, 0.6) is 0 Å². The minimum absolute atomic E-state index is 0.655. The van der Waals surface area contributed by atoms with Crippen molar-refractivity contribution in [3.8, 4) is 0 Å². The van der Waals surface area contributed by atoms with Crippen molar-refractivity contribution < 1.29 is 4.43 Å². The lowest BCUT2D eigenvalue weighted by molar-refractivity contribution is 0.544. The summed E-state index contributed by atoms with van der Waals surface area (Å²) in [4.78, 5) is 0. The van der Waals surface area contributed by atoms with E-state index in [1.807, 2.05) is 13.8 Å². The molecule has 0 saturated carbocycles. The fraction of sp³-hybridized carbons (Fsp3) is 0.714. The van der Waals surface area contributed by atoms with Crippen LogP contribution in [0.15, 0.2) is 10.2 Å². The first-order valence-corrected chi connectivity index (χ1v) is 7.08. The molecule has 0 N–H and O–H groups in total. The van der Waals surface area contributed by atoms with Crippen LogP contribution in [0.4, 0.5) is 0 Å². The van der Waals surface area contributed by atoms with Crippen molar-refractivity contribution >= 4 is 20.4 Å². The maximum absolute atomic E-state index is 5.51. The van der Waals surface area contributed by atoms with Crippen LogP contribution in [0.3, 0.4) is 0 Å². The maximum atomic E-state index is 5.51. The molecule has 0 bridgehead atoms. The molecule has 0 fully saturated rings. The van der Waals surface area contributed by atoms with E-state index in [1.165, 1.54) is 0 Å².